The second-order valence-corrected chi connectivity index (χ2v) is 8.77. The van der Waals surface area contributed by atoms with Crippen molar-refractivity contribution in [1.29, 1.82) is 0 Å². The lowest BCUT2D eigenvalue weighted by Crippen LogP contribution is -2.03. The highest BCUT2D eigenvalue weighted by molar-refractivity contribution is 6.32. The fourth-order valence-electron chi connectivity index (χ4n) is 4.44. The van der Waals surface area contributed by atoms with E-state index in [4.69, 9.17) is 31.5 Å². The number of hydrogen-bond donors (Lipinski definition) is 0. The highest BCUT2D eigenvalue weighted by Crippen LogP contribution is 2.32. The molecule has 0 saturated heterocycles. The zero-order chi connectivity index (χ0) is 24.8. The van der Waals surface area contributed by atoms with Crippen LogP contribution in [0.15, 0.2) is 97.3 Å². The molecule has 7 nitrogen and oxygen atoms in total. The summed E-state index contributed by atoms with van der Waals surface area (Å²) < 4.78 is 0. The summed E-state index contributed by atoms with van der Waals surface area (Å²) in [7, 11) is 0. The molecule has 8 heteroatoms. The van der Waals surface area contributed by atoms with Crippen LogP contribution in [0.3, 0.4) is 0 Å². The number of para-hydroxylation sites is 2. The molecule has 0 bridgehead atoms. The minimum absolute atomic E-state index is 0.223. The van der Waals surface area contributed by atoms with Gasteiger partial charge >= 0.3 is 0 Å². The van der Waals surface area contributed by atoms with Crippen molar-refractivity contribution < 1.29 is 0 Å². The number of pyridine rings is 2. The van der Waals surface area contributed by atoms with E-state index in [1.165, 1.54) is 0 Å². The Balaban J connectivity index is 1.54. The van der Waals surface area contributed by atoms with Gasteiger partial charge in [-0.15, -0.1) is 0 Å². The molecule has 0 aliphatic rings. The monoisotopic (exact) mass is 497 g/mol. The van der Waals surface area contributed by atoms with Gasteiger partial charge in [-0.3, -0.25) is 9.97 Å². The van der Waals surface area contributed by atoms with Gasteiger partial charge in [0.05, 0.1) is 22.1 Å². The fourth-order valence-corrected chi connectivity index (χ4v) is 4.66. The minimum Gasteiger partial charge on any atom is -0.256 e. The summed E-state index contributed by atoms with van der Waals surface area (Å²) >= 11 is 6.63. The SMILES string of the molecule is Clc1nc2ccccc2nc1-c1nc(-c2cccc3ncccc23)nc(-c2cccc3ncccc23)n1. The van der Waals surface area contributed by atoms with E-state index in [9.17, 15) is 0 Å². The number of halogens is 1. The molecule has 3 aromatic carbocycles. The summed E-state index contributed by atoms with van der Waals surface area (Å²) in [6.07, 6.45) is 3.54. The van der Waals surface area contributed by atoms with Crippen LogP contribution in [0.1, 0.15) is 0 Å². The number of aromatic nitrogens is 7. The molecule has 0 spiro atoms. The number of benzene rings is 3. The molecule has 7 aromatic rings. The summed E-state index contributed by atoms with van der Waals surface area (Å²) in [5.74, 6) is 1.32. The Kier molecular flexibility index (Phi) is 5.01. The van der Waals surface area contributed by atoms with Crippen molar-refractivity contribution in [3.8, 4) is 34.3 Å². The van der Waals surface area contributed by atoms with E-state index in [-0.39, 0.29) is 5.15 Å². The molecule has 0 fully saturated rings. The second kappa shape index (κ2) is 8.65. The van der Waals surface area contributed by atoms with Gasteiger partial charge in [0.1, 0.15) is 5.69 Å². The second-order valence-electron chi connectivity index (χ2n) is 8.41. The number of rotatable bonds is 3. The van der Waals surface area contributed by atoms with Crippen molar-refractivity contribution in [2.75, 3.05) is 0 Å². The number of hydrogen-bond acceptors (Lipinski definition) is 7. The normalized spacial score (nSPS) is 11.4. The van der Waals surface area contributed by atoms with E-state index < -0.39 is 0 Å². The Labute approximate surface area is 215 Å². The third kappa shape index (κ3) is 3.73. The maximum Gasteiger partial charge on any atom is 0.185 e. The van der Waals surface area contributed by atoms with E-state index in [1.807, 2.05) is 84.9 Å². The Hall–Kier alpha value is -4.88. The first-order chi connectivity index (χ1) is 18.2. The van der Waals surface area contributed by atoms with Crippen molar-refractivity contribution in [3.05, 3.63) is 102 Å². The predicted octanol–water partition coefficient (Wildman–Crippen LogP) is 6.57. The number of fused-ring (bicyclic) bond motifs is 3. The summed E-state index contributed by atoms with van der Waals surface area (Å²) in [5.41, 5.74) is 5.16. The van der Waals surface area contributed by atoms with E-state index in [0.29, 0.717) is 34.2 Å². The van der Waals surface area contributed by atoms with Crippen LogP contribution in [-0.2, 0) is 0 Å². The van der Waals surface area contributed by atoms with E-state index in [2.05, 4.69) is 15.0 Å². The van der Waals surface area contributed by atoms with Crippen LogP contribution in [0.25, 0.3) is 67.1 Å². The van der Waals surface area contributed by atoms with Gasteiger partial charge in [0.2, 0.25) is 0 Å². The molecule has 174 valence electrons. The van der Waals surface area contributed by atoms with Gasteiger partial charge in [0.25, 0.3) is 0 Å². The summed E-state index contributed by atoms with van der Waals surface area (Å²) in [6, 6.07) is 27.1. The maximum atomic E-state index is 6.63. The molecule has 0 aliphatic heterocycles. The lowest BCUT2D eigenvalue weighted by atomic mass is 10.1. The lowest BCUT2D eigenvalue weighted by molar-refractivity contribution is 1.06. The molecule has 7 rings (SSSR count). The summed E-state index contributed by atoms with van der Waals surface area (Å²) in [5, 5.41) is 2.09. The molecule has 0 aliphatic carbocycles. The topological polar surface area (TPSA) is 90.2 Å². The largest absolute Gasteiger partial charge is 0.256 e. The van der Waals surface area contributed by atoms with Gasteiger partial charge < -0.3 is 0 Å². The van der Waals surface area contributed by atoms with Crippen molar-refractivity contribution in [1.82, 2.24) is 34.9 Å². The van der Waals surface area contributed by atoms with Crippen LogP contribution >= 0.6 is 11.6 Å². The molecule has 0 unspecified atom stereocenters. The molecule has 0 amide bonds. The van der Waals surface area contributed by atoms with E-state index in [0.717, 1.165) is 32.9 Å². The quantitative estimate of drug-likeness (QED) is 0.273. The first-order valence-corrected chi connectivity index (χ1v) is 12.0. The van der Waals surface area contributed by atoms with Gasteiger partial charge in [0, 0.05) is 34.3 Å². The smallest absolute Gasteiger partial charge is 0.185 e. The molecular weight excluding hydrogens is 482 g/mol. The van der Waals surface area contributed by atoms with Crippen molar-refractivity contribution in [2.24, 2.45) is 0 Å². The van der Waals surface area contributed by atoms with Crippen LogP contribution in [-0.4, -0.2) is 34.9 Å². The fraction of sp³-hybridized carbons (Fsp3) is 0. The Bertz CT molecular complexity index is 1860. The molecule has 0 N–H and O–H groups in total. The van der Waals surface area contributed by atoms with Gasteiger partial charge in [-0.2, -0.15) is 0 Å². The first-order valence-electron chi connectivity index (χ1n) is 11.6. The van der Waals surface area contributed by atoms with Crippen LogP contribution in [0.2, 0.25) is 5.15 Å². The average molecular weight is 498 g/mol. The Morgan fingerprint density at radius 3 is 1.54 bits per heavy atom. The molecule has 0 atom stereocenters. The van der Waals surface area contributed by atoms with Crippen LogP contribution in [0, 0.1) is 0 Å². The molecule has 0 saturated carbocycles. The lowest BCUT2D eigenvalue weighted by Gasteiger charge is -2.11. The van der Waals surface area contributed by atoms with Gasteiger partial charge in [-0.1, -0.05) is 60.1 Å². The zero-order valence-electron chi connectivity index (χ0n) is 19.2. The van der Waals surface area contributed by atoms with Crippen LogP contribution < -0.4 is 0 Å². The Morgan fingerprint density at radius 1 is 0.432 bits per heavy atom. The summed E-state index contributed by atoms with van der Waals surface area (Å²) in [4.78, 5) is 32.9. The molecule has 4 heterocycles. The summed E-state index contributed by atoms with van der Waals surface area (Å²) in [6.45, 7) is 0. The maximum absolute atomic E-state index is 6.63. The van der Waals surface area contributed by atoms with Gasteiger partial charge in [-0.25, -0.2) is 24.9 Å². The molecule has 0 radical (unpaired) electrons. The predicted molar refractivity (Wildman–Crippen MR) is 145 cm³/mol. The average Bonchev–Trinajstić information content (AvgIpc) is 2.96. The molecule has 4 aromatic heterocycles. The third-order valence-corrected chi connectivity index (χ3v) is 6.41. The Morgan fingerprint density at radius 2 is 0.946 bits per heavy atom. The van der Waals surface area contributed by atoms with Crippen LogP contribution in [0.4, 0.5) is 0 Å². The van der Waals surface area contributed by atoms with E-state index in [1.54, 1.807) is 12.4 Å². The van der Waals surface area contributed by atoms with Crippen molar-refractivity contribution >= 4 is 44.4 Å². The van der Waals surface area contributed by atoms with Crippen LogP contribution in [0.5, 0.6) is 0 Å². The van der Waals surface area contributed by atoms with Gasteiger partial charge in [0.15, 0.2) is 22.6 Å². The highest BCUT2D eigenvalue weighted by Gasteiger charge is 2.19. The van der Waals surface area contributed by atoms with Gasteiger partial charge in [-0.05, 0) is 36.4 Å². The zero-order valence-corrected chi connectivity index (χ0v) is 20.0. The van der Waals surface area contributed by atoms with Crippen molar-refractivity contribution in [3.63, 3.8) is 0 Å². The molecule has 37 heavy (non-hydrogen) atoms. The van der Waals surface area contributed by atoms with E-state index >= 15 is 0 Å². The molecular formula is C29H16ClN7. The standard InChI is InChI=1S/C29H16ClN7/c30-26-25(33-23-11-1-2-12-24(23)34-26)29-36-27(19-7-3-13-21-17(19)9-5-15-31-21)35-28(37-29)20-8-4-14-22-18(20)10-6-16-32-22/h1-16H. The first kappa shape index (κ1) is 21.4. The van der Waals surface area contributed by atoms with Crippen molar-refractivity contribution in [2.45, 2.75) is 0 Å². The minimum atomic E-state index is 0.223. The number of nitrogens with zero attached hydrogens (tertiary/aromatic N) is 7. The third-order valence-electron chi connectivity index (χ3n) is 6.15. The highest BCUT2D eigenvalue weighted by atomic mass is 35.5.